The zero-order valence-corrected chi connectivity index (χ0v) is 36.5. The highest BCUT2D eigenvalue weighted by molar-refractivity contribution is 7.80. The maximum Gasteiger partial charge on any atom is 0.246 e. The Balaban J connectivity index is 0.000000186. The maximum absolute atomic E-state index is 12.2. The van der Waals surface area contributed by atoms with E-state index in [0.717, 1.165) is 95.4 Å². The number of halogens is 2. The van der Waals surface area contributed by atoms with Gasteiger partial charge in [-0.3, -0.25) is 24.6 Å². The van der Waals surface area contributed by atoms with E-state index in [1.165, 1.54) is 0 Å². The van der Waals surface area contributed by atoms with Gasteiger partial charge in [0, 0.05) is 83.7 Å². The predicted molar refractivity (Wildman–Crippen MR) is 246 cm³/mol. The van der Waals surface area contributed by atoms with Crippen LogP contribution in [-0.4, -0.2) is 124 Å². The van der Waals surface area contributed by atoms with Gasteiger partial charge in [0.2, 0.25) is 5.91 Å². The second-order valence-corrected chi connectivity index (χ2v) is 16.0. The number of nitriles is 2. The van der Waals surface area contributed by atoms with E-state index in [-0.39, 0.29) is 12.5 Å². The van der Waals surface area contributed by atoms with Crippen LogP contribution in [0.15, 0.2) is 82.8 Å². The average Bonchev–Trinajstić information content (AvgIpc) is 3.56. The van der Waals surface area contributed by atoms with E-state index >= 15 is 0 Å². The smallest absolute Gasteiger partial charge is 0.246 e. The molecule has 2 saturated heterocycles. The van der Waals surface area contributed by atoms with Gasteiger partial charge in [-0.2, -0.15) is 10.5 Å². The number of nitrogens with zero attached hydrogens (tertiary/aromatic N) is 6. The third-order valence-electron chi connectivity index (χ3n) is 10.5. The van der Waals surface area contributed by atoms with Crippen LogP contribution in [0.25, 0.3) is 0 Å². The molecule has 4 aromatic rings. The van der Waals surface area contributed by atoms with Gasteiger partial charge in [-0.1, -0.05) is 71.8 Å². The molecule has 8 rings (SSSR count). The second-order valence-electron chi connectivity index (χ2n) is 14.7. The van der Waals surface area contributed by atoms with E-state index < -0.39 is 0 Å². The highest BCUT2D eigenvalue weighted by Gasteiger charge is 2.24. The highest BCUT2D eigenvalue weighted by Crippen LogP contribution is 2.34. The summed E-state index contributed by atoms with van der Waals surface area (Å²) in [6, 6.07) is 26.4. The molecule has 4 aliphatic rings. The van der Waals surface area contributed by atoms with Crippen molar-refractivity contribution in [3.8, 4) is 23.6 Å². The van der Waals surface area contributed by atoms with Gasteiger partial charge >= 0.3 is 0 Å². The summed E-state index contributed by atoms with van der Waals surface area (Å²) in [5.74, 6) is 0.758. The maximum atomic E-state index is 12.2. The summed E-state index contributed by atoms with van der Waals surface area (Å²) in [5.41, 5.74) is 6.41. The van der Waals surface area contributed by atoms with Crippen LogP contribution in [0.2, 0.25) is 10.0 Å². The molecule has 0 atom stereocenters. The summed E-state index contributed by atoms with van der Waals surface area (Å²) in [7, 11) is 0. The number of fused-ring (bicyclic) bond motifs is 2. The number of benzene rings is 4. The summed E-state index contributed by atoms with van der Waals surface area (Å²) in [6.45, 7) is 10.0. The lowest BCUT2D eigenvalue weighted by Gasteiger charge is -2.26. The van der Waals surface area contributed by atoms with Crippen LogP contribution in [0.3, 0.4) is 0 Å². The molecule has 13 nitrogen and oxygen atoms in total. The van der Waals surface area contributed by atoms with Crippen molar-refractivity contribution in [2.75, 3.05) is 103 Å². The largest absolute Gasteiger partial charge is 0.492 e. The van der Waals surface area contributed by atoms with Gasteiger partial charge in [0.05, 0.1) is 80.1 Å². The van der Waals surface area contributed by atoms with E-state index in [4.69, 9.17) is 54.4 Å². The van der Waals surface area contributed by atoms with Gasteiger partial charge in [0.25, 0.3) is 0 Å². The molecular weight excluding hydrogens is 848 g/mol. The molecule has 2 fully saturated rings. The minimum Gasteiger partial charge on any atom is -0.492 e. The monoisotopic (exact) mass is 892 g/mol. The quantitative estimate of drug-likeness (QED) is 0.112. The second kappa shape index (κ2) is 22.1. The van der Waals surface area contributed by atoms with Crippen molar-refractivity contribution in [1.82, 2.24) is 9.80 Å². The molecule has 0 bridgehead atoms. The molecule has 1 amide bonds. The molecule has 0 aliphatic carbocycles. The molecule has 0 unspecified atom stereocenters. The van der Waals surface area contributed by atoms with E-state index in [1.54, 1.807) is 24.3 Å². The fourth-order valence-electron chi connectivity index (χ4n) is 7.38. The molecule has 0 aromatic heterocycles. The molecule has 2 N–H and O–H groups in total. The SMILES string of the molecule is N#Cc1cc2c(cc1OCCCN1CCOCC1)NC(=O)CN=C2c1ccccc1Cl.N#Cc1cc2c(cc1OCCCN1CCOCC1)NC(=S)CN=C2c1ccccc1Cl. The first-order valence-corrected chi connectivity index (χ1v) is 21.7. The van der Waals surface area contributed by atoms with Crippen LogP contribution in [0.4, 0.5) is 11.4 Å². The fraction of sp³-hybridized carbons (Fsp3) is 0.348. The molecule has 0 saturated carbocycles. The lowest BCUT2D eigenvalue weighted by molar-refractivity contribution is -0.114. The van der Waals surface area contributed by atoms with Crippen molar-refractivity contribution in [2.45, 2.75) is 12.8 Å². The number of aliphatic imine (C=N–C) groups is 2. The van der Waals surface area contributed by atoms with Crippen LogP contribution in [-0.2, 0) is 14.3 Å². The summed E-state index contributed by atoms with van der Waals surface area (Å²) < 4.78 is 22.7. The number of amides is 1. The topological polar surface area (TPSA) is 157 Å². The molecule has 16 heteroatoms. The average molecular weight is 894 g/mol. The number of benzodiazepines with no additional fused rings is 2. The van der Waals surface area contributed by atoms with Crippen LogP contribution in [0, 0.1) is 22.7 Å². The molecule has 0 spiro atoms. The van der Waals surface area contributed by atoms with Crippen LogP contribution >= 0.6 is 35.4 Å². The molecule has 320 valence electrons. The minimum absolute atomic E-state index is 0.0210. The van der Waals surface area contributed by atoms with E-state index in [0.29, 0.717) is 85.7 Å². The molecular formula is C46H46Cl2N8O5S. The Kier molecular flexibility index (Phi) is 15.9. The number of hydrogen-bond acceptors (Lipinski definition) is 12. The van der Waals surface area contributed by atoms with Crippen molar-refractivity contribution in [3.63, 3.8) is 0 Å². The van der Waals surface area contributed by atoms with Crippen molar-refractivity contribution >= 4 is 69.1 Å². The summed E-state index contributed by atoms with van der Waals surface area (Å²) in [6.07, 6.45) is 1.71. The molecule has 4 aliphatic heterocycles. The normalized spacial score (nSPS) is 16.5. The Morgan fingerprint density at radius 2 is 1.11 bits per heavy atom. The molecule has 62 heavy (non-hydrogen) atoms. The predicted octanol–water partition coefficient (Wildman–Crippen LogP) is 7.01. The van der Waals surface area contributed by atoms with Crippen LogP contribution in [0.5, 0.6) is 11.5 Å². The fourth-order valence-corrected chi connectivity index (χ4v) is 8.01. The number of ether oxygens (including phenoxy) is 4. The van der Waals surface area contributed by atoms with Crippen molar-refractivity contribution < 1.29 is 23.7 Å². The van der Waals surface area contributed by atoms with Crippen molar-refractivity contribution in [1.29, 1.82) is 10.5 Å². The number of hydrogen-bond donors (Lipinski definition) is 2. The standard InChI is InChI=1S/C23H23ClN4O3.C23H23ClN4O2S/c24-19-5-2-1-4-17(19)23-18-12-16(14-25)21(13-20(18)27-22(29)15-26-23)31-9-3-6-28-7-10-30-11-8-28;24-19-5-2-1-4-17(19)23-18-12-16(14-25)21(13-20(18)27-22(31)15-26-23)30-9-3-6-28-7-10-29-11-8-28/h1-2,4-5,12-13H,3,6-11,15H2,(H,27,29);1-2,4-5,12-13H,3,6-11,15H2,(H,27,31). The van der Waals surface area contributed by atoms with Gasteiger partial charge in [-0.15, -0.1) is 0 Å². The Morgan fingerprint density at radius 1 is 0.661 bits per heavy atom. The third kappa shape index (κ3) is 11.5. The number of anilines is 2. The molecule has 0 radical (unpaired) electrons. The number of thiocarbonyl (C=S) groups is 1. The number of carbonyl (C=O) groups excluding carboxylic acids is 1. The number of rotatable bonds is 12. The van der Waals surface area contributed by atoms with Gasteiger partial charge in [0.1, 0.15) is 35.2 Å². The summed E-state index contributed by atoms with van der Waals surface area (Å²) in [4.78, 5) is 26.7. The summed E-state index contributed by atoms with van der Waals surface area (Å²) in [5, 5.41) is 26.7. The van der Waals surface area contributed by atoms with Gasteiger partial charge < -0.3 is 29.6 Å². The van der Waals surface area contributed by atoms with Gasteiger partial charge in [-0.05, 0) is 37.1 Å². The first-order valence-electron chi connectivity index (χ1n) is 20.5. The number of morpholine rings is 2. The molecule has 4 heterocycles. The first-order chi connectivity index (χ1) is 30.3. The van der Waals surface area contributed by atoms with E-state index in [1.807, 2.05) is 48.5 Å². The Morgan fingerprint density at radius 3 is 1.58 bits per heavy atom. The van der Waals surface area contributed by atoms with Crippen LogP contribution in [0.1, 0.15) is 46.2 Å². The lowest BCUT2D eigenvalue weighted by Crippen LogP contribution is -2.37. The first kappa shape index (κ1) is 44.6. The van der Waals surface area contributed by atoms with Crippen LogP contribution < -0.4 is 20.1 Å². The van der Waals surface area contributed by atoms with Crippen molar-refractivity contribution in [2.24, 2.45) is 9.98 Å². The Bertz CT molecular complexity index is 2250. The minimum atomic E-state index is -0.230. The zero-order valence-electron chi connectivity index (χ0n) is 34.1. The lowest BCUT2D eigenvalue weighted by atomic mass is 9.98. The number of nitrogens with one attached hydrogen (secondary N) is 2. The third-order valence-corrected chi connectivity index (χ3v) is 11.4. The highest BCUT2D eigenvalue weighted by atomic mass is 35.5. The Hall–Kier alpha value is -5.42. The number of carbonyl (C=O) groups is 1. The van der Waals surface area contributed by atoms with E-state index in [2.05, 4.69) is 42.6 Å². The van der Waals surface area contributed by atoms with Gasteiger partial charge in [-0.25, -0.2) is 0 Å². The van der Waals surface area contributed by atoms with Gasteiger partial charge in [0.15, 0.2) is 0 Å². The summed E-state index contributed by atoms with van der Waals surface area (Å²) >= 11 is 18.2. The van der Waals surface area contributed by atoms with Crippen molar-refractivity contribution in [3.05, 3.63) is 116 Å². The Labute approximate surface area is 376 Å². The molecule has 4 aromatic carbocycles. The van der Waals surface area contributed by atoms with E-state index in [9.17, 15) is 15.3 Å². The zero-order chi connectivity index (χ0) is 43.3.